The molecule has 0 bridgehead atoms. The lowest BCUT2D eigenvalue weighted by Gasteiger charge is -2.23. The second-order valence-electron chi connectivity index (χ2n) is 7.53. The van der Waals surface area contributed by atoms with Crippen LogP contribution >= 0.6 is 0 Å². The quantitative estimate of drug-likeness (QED) is 0.177. The van der Waals surface area contributed by atoms with E-state index in [1.807, 2.05) is 0 Å². The number of nitrogens with zero attached hydrogens (tertiary/aromatic N) is 4. The number of phenols is 1. The van der Waals surface area contributed by atoms with Gasteiger partial charge in [-0.3, -0.25) is 18.5 Å². The van der Waals surface area contributed by atoms with E-state index in [1.54, 1.807) is 0 Å². The third-order valence-electron chi connectivity index (χ3n) is 5.01. The number of hydrogen-bond donors (Lipinski definition) is 2. The first-order valence-electron chi connectivity index (χ1n) is 10.2. The minimum Gasteiger partial charge on any atom is -0.508 e. The smallest absolute Gasteiger partial charge is 0.397 e. The Kier molecular flexibility index (Phi) is 7.57. The Morgan fingerprint density at radius 2 is 1.78 bits per heavy atom. The number of phenolic OH excluding ortho intramolecular Hbond substituents is 1. The molecule has 0 aliphatic heterocycles. The number of hydrogen-bond acceptors (Lipinski definition) is 11. The van der Waals surface area contributed by atoms with E-state index in [0.29, 0.717) is 5.56 Å². The summed E-state index contributed by atoms with van der Waals surface area (Å²) in [4.78, 5) is 45.8. The molecule has 3 aromatic rings. The van der Waals surface area contributed by atoms with Crippen molar-refractivity contribution in [2.45, 2.75) is 19.1 Å². The molecule has 2 atom stereocenters. The van der Waals surface area contributed by atoms with Crippen LogP contribution in [0, 0.1) is 0 Å². The summed E-state index contributed by atoms with van der Waals surface area (Å²) in [6, 6.07) is 5.76. The van der Waals surface area contributed by atoms with Gasteiger partial charge in [-0.15, -0.1) is 0 Å². The number of methoxy groups -OCH3 is 1. The molecule has 192 valence electrons. The summed E-state index contributed by atoms with van der Waals surface area (Å²) in [6.45, 7) is 1.17. The highest BCUT2D eigenvalue weighted by molar-refractivity contribution is 7.80. The molecule has 0 aliphatic rings. The molecule has 3 rings (SSSR count). The van der Waals surface area contributed by atoms with E-state index in [9.17, 15) is 27.9 Å². The van der Waals surface area contributed by atoms with Gasteiger partial charge in [0.05, 0.1) is 13.3 Å². The average molecular weight is 522 g/mol. The lowest BCUT2D eigenvalue weighted by molar-refractivity contribution is -0.153. The third-order valence-corrected chi connectivity index (χ3v) is 5.55. The standard InChI is InChI=1S/C21H22N4O10S/c1-11(35-36(30,31)32)17(34-20(28)15(33-4)9-12-5-7-13(26)8-6-12)14-10-22-18-16(23-14)19(27)25(3)21(29)24(18)2/h5-11,17,26H,1-4H3,(H,30,31,32)/b15-9-/t11-,17+/m1/s1. The highest BCUT2D eigenvalue weighted by atomic mass is 32.3. The Labute approximate surface area is 204 Å². The Balaban J connectivity index is 2.08. The Hall–Kier alpha value is -4.08. The first-order chi connectivity index (χ1) is 16.8. The molecular weight excluding hydrogens is 500 g/mol. The number of benzene rings is 1. The average Bonchev–Trinajstić information content (AvgIpc) is 2.82. The number of esters is 1. The molecule has 2 aromatic heterocycles. The lowest BCUT2D eigenvalue weighted by atomic mass is 10.1. The Bertz CT molecular complexity index is 1560. The SMILES string of the molecule is CO/C(=C\c1ccc(O)cc1)C(=O)O[C@H](c1cnc2c(n1)c(=O)n(C)c(=O)n2C)[C@@H](C)OS(=O)(=O)O. The summed E-state index contributed by atoms with van der Waals surface area (Å²) in [5, 5.41) is 9.42. The fourth-order valence-corrected chi connectivity index (χ4v) is 3.70. The molecule has 0 saturated heterocycles. The first kappa shape index (κ1) is 26.5. The van der Waals surface area contributed by atoms with Crippen molar-refractivity contribution in [2.75, 3.05) is 7.11 Å². The summed E-state index contributed by atoms with van der Waals surface area (Å²) in [6.07, 6.45) is -0.764. The normalized spacial score (nSPS) is 13.9. The molecule has 0 aliphatic carbocycles. The summed E-state index contributed by atoms with van der Waals surface area (Å²) < 4.78 is 48.7. The van der Waals surface area contributed by atoms with Gasteiger partial charge in [-0.1, -0.05) is 12.1 Å². The maximum Gasteiger partial charge on any atom is 0.397 e. The van der Waals surface area contributed by atoms with Crippen molar-refractivity contribution in [2.24, 2.45) is 14.1 Å². The highest BCUT2D eigenvalue weighted by Crippen LogP contribution is 2.25. The van der Waals surface area contributed by atoms with E-state index in [1.165, 1.54) is 58.5 Å². The number of aromatic nitrogens is 4. The minimum absolute atomic E-state index is 0.00321. The second-order valence-corrected chi connectivity index (χ2v) is 8.58. The molecule has 0 amide bonds. The monoisotopic (exact) mass is 522 g/mol. The van der Waals surface area contributed by atoms with Crippen molar-refractivity contribution in [3.05, 3.63) is 68.3 Å². The van der Waals surface area contributed by atoms with E-state index in [0.717, 1.165) is 15.3 Å². The van der Waals surface area contributed by atoms with Gasteiger partial charge in [0.2, 0.25) is 5.76 Å². The van der Waals surface area contributed by atoms with Crippen LogP contribution in [0.3, 0.4) is 0 Å². The fourth-order valence-electron chi connectivity index (χ4n) is 3.22. The highest BCUT2D eigenvalue weighted by Gasteiger charge is 2.32. The van der Waals surface area contributed by atoms with Gasteiger partial charge in [-0.2, -0.15) is 8.42 Å². The van der Waals surface area contributed by atoms with Gasteiger partial charge in [0.15, 0.2) is 17.3 Å². The second kappa shape index (κ2) is 10.3. The molecule has 0 unspecified atom stereocenters. The molecule has 2 heterocycles. The molecule has 15 heteroatoms. The summed E-state index contributed by atoms with van der Waals surface area (Å²) in [7, 11) is -1.18. The van der Waals surface area contributed by atoms with Crippen molar-refractivity contribution in [3.63, 3.8) is 0 Å². The van der Waals surface area contributed by atoms with Crippen LogP contribution in [0.25, 0.3) is 17.2 Å². The van der Waals surface area contributed by atoms with E-state index in [-0.39, 0.29) is 28.4 Å². The molecule has 0 spiro atoms. The lowest BCUT2D eigenvalue weighted by Crippen LogP contribution is -2.38. The van der Waals surface area contributed by atoms with Crippen molar-refractivity contribution in [1.82, 2.24) is 19.1 Å². The molecule has 0 saturated carbocycles. The Morgan fingerprint density at radius 3 is 2.36 bits per heavy atom. The van der Waals surface area contributed by atoms with E-state index < -0.39 is 39.8 Å². The fraction of sp³-hybridized carbons (Fsp3) is 0.286. The van der Waals surface area contributed by atoms with Crippen LogP contribution in [0.4, 0.5) is 0 Å². The molecule has 36 heavy (non-hydrogen) atoms. The van der Waals surface area contributed by atoms with Crippen molar-refractivity contribution in [1.29, 1.82) is 0 Å². The number of carbonyl (C=O) groups excluding carboxylic acids is 1. The van der Waals surface area contributed by atoms with Crippen LogP contribution in [0.5, 0.6) is 5.75 Å². The number of rotatable bonds is 8. The summed E-state index contributed by atoms with van der Waals surface area (Å²) in [5.74, 6) is -1.38. The number of aromatic hydroxyl groups is 1. The predicted molar refractivity (Wildman–Crippen MR) is 124 cm³/mol. The van der Waals surface area contributed by atoms with Gasteiger partial charge in [-0.05, 0) is 30.7 Å². The van der Waals surface area contributed by atoms with Crippen LogP contribution < -0.4 is 11.2 Å². The van der Waals surface area contributed by atoms with Gasteiger partial charge in [0.1, 0.15) is 17.5 Å². The number of ether oxygens (including phenoxy) is 2. The van der Waals surface area contributed by atoms with Crippen LogP contribution in [0.2, 0.25) is 0 Å². The molecular formula is C21H22N4O10S. The van der Waals surface area contributed by atoms with Crippen molar-refractivity contribution < 1.29 is 36.5 Å². The zero-order valence-corrected chi connectivity index (χ0v) is 20.3. The first-order valence-corrected chi connectivity index (χ1v) is 11.5. The molecule has 0 fully saturated rings. The third kappa shape index (κ3) is 5.76. The minimum atomic E-state index is -4.98. The van der Waals surface area contributed by atoms with Gasteiger partial charge in [0, 0.05) is 14.1 Å². The number of aryl methyl sites for hydroxylation is 1. The van der Waals surface area contributed by atoms with Crippen LogP contribution in [0.15, 0.2) is 45.8 Å². The van der Waals surface area contributed by atoms with Crippen LogP contribution in [-0.2, 0) is 42.9 Å². The van der Waals surface area contributed by atoms with E-state index in [4.69, 9.17) is 14.0 Å². The Morgan fingerprint density at radius 1 is 1.14 bits per heavy atom. The zero-order chi connectivity index (χ0) is 26.8. The van der Waals surface area contributed by atoms with E-state index >= 15 is 0 Å². The van der Waals surface area contributed by atoms with Gasteiger partial charge < -0.3 is 14.6 Å². The number of fused-ring (bicyclic) bond motifs is 1. The van der Waals surface area contributed by atoms with Gasteiger partial charge in [-0.25, -0.2) is 23.7 Å². The molecule has 0 radical (unpaired) electrons. The maximum absolute atomic E-state index is 12.9. The summed E-state index contributed by atoms with van der Waals surface area (Å²) >= 11 is 0. The predicted octanol–water partition coefficient (Wildman–Crippen LogP) is 0.213. The molecule has 14 nitrogen and oxygen atoms in total. The van der Waals surface area contributed by atoms with Gasteiger partial charge >= 0.3 is 22.1 Å². The maximum atomic E-state index is 12.9. The topological polar surface area (TPSA) is 189 Å². The molecule has 1 aromatic carbocycles. The van der Waals surface area contributed by atoms with Crippen LogP contribution in [0.1, 0.15) is 24.3 Å². The van der Waals surface area contributed by atoms with E-state index in [2.05, 4.69) is 14.2 Å². The van der Waals surface area contributed by atoms with Crippen molar-refractivity contribution >= 4 is 33.6 Å². The number of carbonyl (C=O) groups is 1. The zero-order valence-electron chi connectivity index (χ0n) is 19.5. The van der Waals surface area contributed by atoms with Gasteiger partial charge in [0.25, 0.3) is 5.56 Å². The van der Waals surface area contributed by atoms with Crippen LogP contribution in [-0.4, -0.2) is 56.4 Å². The summed E-state index contributed by atoms with van der Waals surface area (Å²) in [5.41, 5.74) is -1.50. The molecule has 2 N–H and O–H groups in total. The largest absolute Gasteiger partial charge is 0.508 e. The van der Waals surface area contributed by atoms with Crippen molar-refractivity contribution in [3.8, 4) is 5.75 Å².